The van der Waals surface area contributed by atoms with Crippen molar-refractivity contribution in [2.24, 2.45) is 0 Å². The van der Waals surface area contributed by atoms with Crippen LogP contribution in [0.1, 0.15) is 0 Å². The minimum atomic E-state index is 0.709. The van der Waals surface area contributed by atoms with Crippen molar-refractivity contribution in [2.75, 3.05) is 0 Å². The third-order valence-electron chi connectivity index (χ3n) is 11.9. The molecular formula is C56H36N4. The summed E-state index contributed by atoms with van der Waals surface area (Å²) < 4.78 is 4.77. The van der Waals surface area contributed by atoms with E-state index in [9.17, 15) is 0 Å². The van der Waals surface area contributed by atoms with Gasteiger partial charge in [0.1, 0.15) is 0 Å². The highest BCUT2D eigenvalue weighted by Crippen LogP contribution is 2.40. The maximum atomic E-state index is 5.15. The zero-order chi connectivity index (χ0) is 39.6. The summed E-state index contributed by atoms with van der Waals surface area (Å²) in [5.74, 6) is 0.709. The Hall–Kier alpha value is -8.08. The van der Waals surface area contributed by atoms with E-state index in [2.05, 4.69) is 215 Å². The Morgan fingerprint density at radius 3 is 1.45 bits per heavy atom. The molecule has 0 N–H and O–H groups in total. The molecule has 60 heavy (non-hydrogen) atoms. The molecule has 9 aromatic carbocycles. The van der Waals surface area contributed by atoms with Crippen LogP contribution in [0, 0.1) is 0 Å². The van der Waals surface area contributed by atoms with Crippen molar-refractivity contribution >= 4 is 54.5 Å². The lowest BCUT2D eigenvalue weighted by atomic mass is 9.99. The Balaban J connectivity index is 1.01. The van der Waals surface area contributed by atoms with Crippen LogP contribution in [-0.4, -0.2) is 19.1 Å². The average molecular weight is 765 g/mol. The highest BCUT2D eigenvalue weighted by Gasteiger charge is 2.18. The fourth-order valence-corrected chi connectivity index (χ4v) is 9.08. The Labute approximate surface area is 346 Å². The maximum Gasteiger partial charge on any atom is 0.160 e. The van der Waals surface area contributed by atoms with Crippen LogP contribution in [0.2, 0.25) is 0 Å². The largest absolute Gasteiger partial charge is 0.309 e. The van der Waals surface area contributed by atoms with E-state index in [1.807, 2.05) is 12.1 Å². The van der Waals surface area contributed by atoms with Crippen LogP contribution in [-0.2, 0) is 0 Å². The van der Waals surface area contributed by atoms with Crippen LogP contribution >= 0.6 is 0 Å². The molecule has 12 aromatic rings. The molecule has 0 bridgehead atoms. The summed E-state index contributed by atoms with van der Waals surface area (Å²) in [5.41, 5.74) is 15.6. The molecule has 3 aromatic heterocycles. The normalized spacial score (nSPS) is 11.7. The van der Waals surface area contributed by atoms with Crippen molar-refractivity contribution in [2.45, 2.75) is 0 Å². The van der Waals surface area contributed by atoms with Crippen molar-refractivity contribution in [3.05, 3.63) is 218 Å². The minimum Gasteiger partial charge on any atom is -0.309 e. The zero-order valence-electron chi connectivity index (χ0n) is 32.6. The molecular weight excluding hydrogens is 729 g/mol. The van der Waals surface area contributed by atoms with Gasteiger partial charge in [-0.15, -0.1) is 0 Å². The monoisotopic (exact) mass is 764 g/mol. The molecule has 0 amide bonds. The van der Waals surface area contributed by atoms with Gasteiger partial charge in [-0.05, 0) is 101 Å². The standard InChI is InChI=1S/C56H36N4/c1-4-14-37(15-5-1)42-26-31-46-49-35-41(40-27-32-52-48(34-40)45-20-11-13-23-51(45)59(52)43-18-8-3-9-19-43)28-33-53(49)60(54(46)36-42)44-29-24-39(25-30-44)56-57-50-22-12-10-21-47(50)55(58-56)38-16-6-2-7-17-38/h1-36H. The van der Waals surface area contributed by atoms with E-state index in [-0.39, 0.29) is 0 Å². The van der Waals surface area contributed by atoms with Crippen LogP contribution in [0.3, 0.4) is 0 Å². The van der Waals surface area contributed by atoms with Gasteiger partial charge in [-0.3, -0.25) is 0 Å². The van der Waals surface area contributed by atoms with E-state index in [1.165, 1.54) is 54.8 Å². The zero-order valence-corrected chi connectivity index (χ0v) is 32.6. The van der Waals surface area contributed by atoms with Crippen LogP contribution in [0.4, 0.5) is 0 Å². The summed E-state index contributed by atoms with van der Waals surface area (Å²) >= 11 is 0. The lowest BCUT2D eigenvalue weighted by molar-refractivity contribution is 1.17. The van der Waals surface area contributed by atoms with Gasteiger partial charge in [0.15, 0.2) is 5.82 Å². The number of aromatic nitrogens is 4. The van der Waals surface area contributed by atoms with E-state index in [4.69, 9.17) is 9.97 Å². The average Bonchev–Trinajstić information content (AvgIpc) is 3.84. The smallest absolute Gasteiger partial charge is 0.160 e. The van der Waals surface area contributed by atoms with E-state index >= 15 is 0 Å². The van der Waals surface area contributed by atoms with Crippen molar-refractivity contribution in [1.82, 2.24) is 19.1 Å². The van der Waals surface area contributed by atoms with Crippen LogP contribution in [0.25, 0.3) is 111 Å². The molecule has 0 saturated heterocycles. The molecule has 3 heterocycles. The molecule has 12 rings (SSSR count). The number of hydrogen-bond donors (Lipinski definition) is 0. The second-order valence-electron chi connectivity index (χ2n) is 15.4. The molecule has 4 heteroatoms. The lowest BCUT2D eigenvalue weighted by Crippen LogP contribution is -1.97. The molecule has 0 fully saturated rings. The van der Waals surface area contributed by atoms with Gasteiger partial charge in [0.2, 0.25) is 0 Å². The summed E-state index contributed by atoms with van der Waals surface area (Å²) in [6.45, 7) is 0. The minimum absolute atomic E-state index is 0.709. The fourth-order valence-electron chi connectivity index (χ4n) is 9.08. The van der Waals surface area contributed by atoms with Gasteiger partial charge in [0.05, 0.1) is 33.3 Å². The van der Waals surface area contributed by atoms with Crippen molar-refractivity contribution in [3.8, 4) is 56.3 Å². The van der Waals surface area contributed by atoms with Gasteiger partial charge in [-0.1, -0.05) is 140 Å². The van der Waals surface area contributed by atoms with Crippen molar-refractivity contribution < 1.29 is 0 Å². The number of hydrogen-bond acceptors (Lipinski definition) is 2. The van der Waals surface area contributed by atoms with E-state index in [1.54, 1.807) is 0 Å². The first-order valence-corrected chi connectivity index (χ1v) is 20.4. The Kier molecular flexibility index (Phi) is 7.82. The molecule has 0 aliphatic heterocycles. The fraction of sp³-hybridized carbons (Fsp3) is 0. The van der Waals surface area contributed by atoms with E-state index in [0.717, 1.165) is 50.1 Å². The Morgan fingerprint density at radius 2 is 0.750 bits per heavy atom. The second kappa shape index (κ2) is 13.8. The topological polar surface area (TPSA) is 35.6 Å². The predicted molar refractivity (Wildman–Crippen MR) is 250 cm³/mol. The molecule has 4 nitrogen and oxygen atoms in total. The maximum absolute atomic E-state index is 5.15. The summed E-state index contributed by atoms with van der Waals surface area (Å²) in [4.78, 5) is 10.2. The molecule has 0 unspecified atom stereocenters. The molecule has 0 radical (unpaired) electrons. The Bertz CT molecular complexity index is 3570. The first-order chi connectivity index (χ1) is 29.7. The number of fused-ring (bicyclic) bond motifs is 7. The van der Waals surface area contributed by atoms with E-state index < -0.39 is 0 Å². The van der Waals surface area contributed by atoms with Crippen molar-refractivity contribution in [1.29, 1.82) is 0 Å². The highest BCUT2D eigenvalue weighted by molar-refractivity contribution is 6.13. The highest BCUT2D eigenvalue weighted by atomic mass is 15.0. The van der Waals surface area contributed by atoms with Crippen LogP contribution in [0.15, 0.2) is 218 Å². The molecule has 280 valence electrons. The van der Waals surface area contributed by atoms with Gasteiger partial charge < -0.3 is 9.13 Å². The second-order valence-corrected chi connectivity index (χ2v) is 15.4. The summed E-state index contributed by atoms with van der Waals surface area (Å²) in [5, 5.41) is 5.96. The van der Waals surface area contributed by atoms with Gasteiger partial charge >= 0.3 is 0 Å². The predicted octanol–water partition coefficient (Wildman–Crippen LogP) is 14.5. The number of rotatable bonds is 6. The number of nitrogens with zero attached hydrogens (tertiary/aromatic N) is 4. The first-order valence-electron chi connectivity index (χ1n) is 20.4. The molecule has 0 aliphatic carbocycles. The summed E-state index contributed by atoms with van der Waals surface area (Å²) in [7, 11) is 0. The van der Waals surface area contributed by atoms with Crippen LogP contribution < -0.4 is 0 Å². The number of para-hydroxylation sites is 3. The third-order valence-corrected chi connectivity index (χ3v) is 11.9. The number of benzene rings is 9. The molecule has 0 saturated carbocycles. The van der Waals surface area contributed by atoms with Gasteiger partial charge in [0.25, 0.3) is 0 Å². The molecule has 0 aliphatic rings. The summed E-state index contributed by atoms with van der Waals surface area (Å²) in [6.07, 6.45) is 0. The summed E-state index contributed by atoms with van der Waals surface area (Å²) in [6, 6.07) is 78.1. The first kappa shape index (κ1) is 34.0. The SMILES string of the molecule is c1ccc(-c2ccc3c4cc(-c5ccc6c(c5)c5ccccc5n6-c5ccccc5)ccc4n(-c4ccc(-c5nc(-c6ccccc6)c6ccccc6n5)cc4)c3c2)cc1. The van der Waals surface area contributed by atoms with Gasteiger partial charge in [0, 0.05) is 49.4 Å². The van der Waals surface area contributed by atoms with Crippen molar-refractivity contribution in [3.63, 3.8) is 0 Å². The third kappa shape index (κ3) is 5.53. The molecule has 0 spiro atoms. The quantitative estimate of drug-likeness (QED) is 0.169. The van der Waals surface area contributed by atoms with Gasteiger partial charge in [-0.25, -0.2) is 9.97 Å². The van der Waals surface area contributed by atoms with E-state index in [0.29, 0.717) is 5.82 Å². The van der Waals surface area contributed by atoms with Gasteiger partial charge in [-0.2, -0.15) is 0 Å². The lowest BCUT2D eigenvalue weighted by Gasteiger charge is -2.12. The molecule has 0 atom stereocenters. The van der Waals surface area contributed by atoms with Crippen LogP contribution in [0.5, 0.6) is 0 Å². The Morgan fingerprint density at radius 1 is 0.267 bits per heavy atom.